The van der Waals surface area contributed by atoms with E-state index in [0.29, 0.717) is 38.7 Å². The number of hydrogen-bond acceptors (Lipinski definition) is 5. The Morgan fingerprint density at radius 3 is 2.60 bits per heavy atom. The second-order valence-corrected chi connectivity index (χ2v) is 7.84. The van der Waals surface area contributed by atoms with E-state index in [2.05, 4.69) is 31.4 Å². The standard InChI is InChI=1S/C20H21BrN6O3/c1-25-17(12-16(23-25)20(29)26-8-10-30-11-9-26)19(28)22-18-6-7-27(24-18)13-14-2-4-15(21)5-3-14/h2-7,12H,8-11,13H2,1H3,(H,22,24,28). The van der Waals surface area contributed by atoms with Crippen LogP contribution in [0, 0.1) is 0 Å². The number of morpholine rings is 1. The summed E-state index contributed by atoms with van der Waals surface area (Å²) >= 11 is 3.42. The maximum atomic E-state index is 12.7. The average molecular weight is 473 g/mol. The summed E-state index contributed by atoms with van der Waals surface area (Å²) < 4.78 is 9.44. The number of benzene rings is 1. The molecule has 0 saturated carbocycles. The normalized spacial score (nSPS) is 14.0. The summed E-state index contributed by atoms with van der Waals surface area (Å²) in [5, 5.41) is 11.4. The van der Waals surface area contributed by atoms with Crippen molar-refractivity contribution in [3.05, 3.63) is 64.0 Å². The second kappa shape index (κ2) is 8.80. The predicted octanol–water partition coefficient (Wildman–Crippen LogP) is 2.15. The third-order valence-corrected chi connectivity index (χ3v) is 5.30. The SMILES string of the molecule is Cn1nc(C(=O)N2CCOCC2)cc1C(=O)Nc1ccn(Cc2ccc(Br)cc2)n1. The Hall–Kier alpha value is -2.98. The van der Waals surface area contributed by atoms with Crippen molar-refractivity contribution in [2.24, 2.45) is 7.05 Å². The van der Waals surface area contributed by atoms with Crippen LogP contribution in [0.5, 0.6) is 0 Å². The van der Waals surface area contributed by atoms with Gasteiger partial charge in [0.1, 0.15) is 5.69 Å². The highest BCUT2D eigenvalue weighted by Crippen LogP contribution is 2.14. The van der Waals surface area contributed by atoms with Crippen LogP contribution in [0.2, 0.25) is 0 Å². The molecule has 0 radical (unpaired) electrons. The molecule has 4 rings (SSSR count). The number of hydrogen-bond donors (Lipinski definition) is 1. The molecule has 30 heavy (non-hydrogen) atoms. The minimum atomic E-state index is -0.375. The molecule has 10 heteroatoms. The third-order valence-electron chi connectivity index (χ3n) is 4.77. The first-order valence-electron chi connectivity index (χ1n) is 9.50. The maximum absolute atomic E-state index is 12.7. The number of nitrogens with zero attached hydrogens (tertiary/aromatic N) is 5. The molecular formula is C20H21BrN6O3. The van der Waals surface area contributed by atoms with Gasteiger partial charge in [0.05, 0.1) is 19.8 Å². The summed E-state index contributed by atoms with van der Waals surface area (Å²) in [5.74, 6) is -0.147. The smallest absolute Gasteiger partial charge is 0.275 e. The van der Waals surface area contributed by atoms with Crippen molar-refractivity contribution in [2.45, 2.75) is 6.54 Å². The molecule has 3 heterocycles. The van der Waals surface area contributed by atoms with Crippen molar-refractivity contribution in [2.75, 3.05) is 31.6 Å². The Kier molecular flexibility index (Phi) is 5.96. The van der Waals surface area contributed by atoms with Crippen LogP contribution in [0.15, 0.2) is 47.1 Å². The Bertz CT molecular complexity index is 1050. The van der Waals surface area contributed by atoms with E-state index in [9.17, 15) is 9.59 Å². The van der Waals surface area contributed by atoms with Crippen molar-refractivity contribution in [1.82, 2.24) is 24.5 Å². The van der Waals surface area contributed by atoms with E-state index in [-0.39, 0.29) is 23.2 Å². The summed E-state index contributed by atoms with van der Waals surface area (Å²) in [6.45, 7) is 2.65. The largest absolute Gasteiger partial charge is 0.378 e. The predicted molar refractivity (Wildman–Crippen MR) is 113 cm³/mol. The molecule has 0 aliphatic carbocycles. The first kappa shape index (κ1) is 20.3. The number of aromatic nitrogens is 4. The zero-order valence-corrected chi connectivity index (χ0v) is 18.0. The van der Waals surface area contributed by atoms with Gasteiger partial charge in [-0.05, 0) is 17.7 Å². The molecular weight excluding hydrogens is 452 g/mol. The molecule has 1 saturated heterocycles. The van der Waals surface area contributed by atoms with Crippen LogP contribution >= 0.6 is 15.9 Å². The molecule has 2 aromatic heterocycles. The number of amides is 2. The molecule has 1 aliphatic heterocycles. The Morgan fingerprint density at radius 2 is 1.87 bits per heavy atom. The highest BCUT2D eigenvalue weighted by molar-refractivity contribution is 9.10. The lowest BCUT2D eigenvalue weighted by molar-refractivity contribution is 0.0298. The lowest BCUT2D eigenvalue weighted by atomic mass is 10.2. The quantitative estimate of drug-likeness (QED) is 0.613. The van der Waals surface area contributed by atoms with Gasteiger partial charge in [-0.3, -0.25) is 19.0 Å². The zero-order valence-electron chi connectivity index (χ0n) is 16.4. The summed E-state index contributed by atoms with van der Waals surface area (Å²) in [6.07, 6.45) is 1.80. The van der Waals surface area contributed by atoms with Crippen molar-refractivity contribution < 1.29 is 14.3 Å². The first-order valence-corrected chi connectivity index (χ1v) is 10.3. The molecule has 9 nitrogen and oxygen atoms in total. The van der Waals surface area contributed by atoms with Gasteiger partial charge in [-0.1, -0.05) is 28.1 Å². The van der Waals surface area contributed by atoms with Gasteiger partial charge >= 0.3 is 0 Å². The molecule has 2 amide bonds. The van der Waals surface area contributed by atoms with Crippen LogP contribution in [0.3, 0.4) is 0 Å². The van der Waals surface area contributed by atoms with E-state index in [1.807, 2.05) is 24.3 Å². The van der Waals surface area contributed by atoms with Crippen molar-refractivity contribution in [1.29, 1.82) is 0 Å². The molecule has 156 valence electrons. The fourth-order valence-electron chi connectivity index (χ4n) is 3.19. The molecule has 0 atom stereocenters. The lowest BCUT2D eigenvalue weighted by Crippen LogP contribution is -2.40. The van der Waals surface area contributed by atoms with Gasteiger partial charge in [-0.25, -0.2) is 0 Å². The van der Waals surface area contributed by atoms with E-state index in [4.69, 9.17) is 4.74 Å². The van der Waals surface area contributed by atoms with Crippen molar-refractivity contribution in [3.8, 4) is 0 Å². The third kappa shape index (κ3) is 4.60. The summed E-state index contributed by atoms with van der Waals surface area (Å²) in [6, 6.07) is 11.2. The number of carbonyl (C=O) groups excluding carboxylic acids is 2. The zero-order chi connectivity index (χ0) is 21.1. The number of halogens is 1. The van der Waals surface area contributed by atoms with E-state index in [1.54, 1.807) is 28.9 Å². The van der Waals surface area contributed by atoms with Gasteiger partial charge in [0.25, 0.3) is 11.8 Å². The number of ether oxygens (including phenoxy) is 1. The Labute approximate surface area is 181 Å². The number of carbonyl (C=O) groups is 2. The average Bonchev–Trinajstić information content (AvgIpc) is 3.36. The fraction of sp³-hybridized carbons (Fsp3) is 0.300. The van der Waals surface area contributed by atoms with Crippen molar-refractivity contribution >= 4 is 33.6 Å². The van der Waals surface area contributed by atoms with Gasteiger partial charge in [0.2, 0.25) is 0 Å². The molecule has 0 spiro atoms. The minimum absolute atomic E-state index is 0.202. The van der Waals surface area contributed by atoms with Crippen LogP contribution in [0.25, 0.3) is 0 Å². The fourth-order valence-corrected chi connectivity index (χ4v) is 3.45. The van der Waals surface area contributed by atoms with E-state index in [1.165, 1.54) is 10.7 Å². The highest BCUT2D eigenvalue weighted by Gasteiger charge is 2.23. The number of nitrogens with one attached hydrogen (secondary N) is 1. The molecule has 1 aromatic carbocycles. The van der Waals surface area contributed by atoms with E-state index < -0.39 is 0 Å². The Morgan fingerprint density at radius 1 is 1.13 bits per heavy atom. The number of rotatable bonds is 5. The van der Waals surface area contributed by atoms with Gasteiger partial charge in [-0.2, -0.15) is 10.2 Å². The van der Waals surface area contributed by atoms with Crippen LogP contribution in [-0.4, -0.2) is 62.6 Å². The molecule has 1 fully saturated rings. The first-order chi connectivity index (χ1) is 14.5. The second-order valence-electron chi connectivity index (χ2n) is 6.92. The van der Waals surface area contributed by atoms with Crippen LogP contribution in [-0.2, 0) is 18.3 Å². The number of anilines is 1. The van der Waals surface area contributed by atoms with Crippen LogP contribution < -0.4 is 5.32 Å². The molecule has 1 aliphatic rings. The van der Waals surface area contributed by atoms with Gasteiger partial charge in [-0.15, -0.1) is 0 Å². The van der Waals surface area contributed by atoms with Crippen LogP contribution in [0.4, 0.5) is 5.82 Å². The van der Waals surface area contributed by atoms with Gasteiger partial charge < -0.3 is 15.0 Å². The topological polar surface area (TPSA) is 94.3 Å². The summed E-state index contributed by atoms with van der Waals surface area (Å²) in [5.41, 5.74) is 1.62. The summed E-state index contributed by atoms with van der Waals surface area (Å²) in [7, 11) is 1.64. The summed E-state index contributed by atoms with van der Waals surface area (Å²) in [4.78, 5) is 26.9. The Balaban J connectivity index is 1.41. The molecule has 0 bridgehead atoms. The van der Waals surface area contributed by atoms with Gasteiger partial charge in [0.15, 0.2) is 11.5 Å². The minimum Gasteiger partial charge on any atom is -0.378 e. The van der Waals surface area contributed by atoms with E-state index >= 15 is 0 Å². The highest BCUT2D eigenvalue weighted by atomic mass is 79.9. The van der Waals surface area contributed by atoms with Gasteiger partial charge in [0, 0.05) is 42.9 Å². The van der Waals surface area contributed by atoms with Crippen LogP contribution in [0.1, 0.15) is 26.5 Å². The molecule has 1 N–H and O–H groups in total. The lowest BCUT2D eigenvalue weighted by Gasteiger charge is -2.25. The van der Waals surface area contributed by atoms with E-state index in [0.717, 1.165) is 10.0 Å². The number of aryl methyl sites for hydroxylation is 1. The monoisotopic (exact) mass is 472 g/mol. The maximum Gasteiger partial charge on any atom is 0.275 e. The van der Waals surface area contributed by atoms with Crippen molar-refractivity contribution in [3.63, 3.8) is 0 Å². The molecule has 0 unspecified atom stereocenters. The molecule has 3 aromatic rings.